The molecule has 0 amide bonds. The van der Waals surface area contributed by atoms with Crippen molar-refractivity contribution in [3.8, 4) is 0 Å². The number of aliphatic hydroxyl groups excluding tert-OH is 1. The van der Waals surface area contributed by atoms with Crippen molar-refractivity contribution in [1.82, 2.24) is 14.4 Å². The Morgan fingerprint density at radius 1 is 1.50 bits per heavy atom. The Hall–Kier alpha value is -1.64. The summed E-state index contributed by atoms with van der Waals surface area (Å²) in [5.74, 6) is 0.225. The molecular formula is C12H17N3O4S. The number of aliphatic hydroxyl groups is 1. The third kappa shape index (κ3) is 2.77. The molecule has 1 atom stereocenters. The van der Waals surface area contributed by atoms with Gasteiger partial charge < -0.3 is 14.2 Å². The van der Waals surface area contributed by atoms with Gasteiger partial charge in [-0.2, -0.15) is 0 Å². The van der Waals surface area contributed by atoms with Crippen LogP contribution >= 0.6 is 0 Å². The Morgan fingerprint density at radius 2 is 2.20 bits per heavy atom. The summed E-state index contributed by atoms with van der Waals surface area (Å²) in [6.45, 7) is 2.96. The molecule has 0 saturated carbocycles. The van der Waals surface area contributed by atoms with E-state index < -0.39 is 16.1 Å². The molecule has 0 radical (unpaired) electrons. The van der Waals surface area contributed by atoms with E-state index in [-0.39, 0.29) is 17.2 Å². The molecule has 0 unspecified atom stereocenters. The molecule has 2 N–H and O–H groups in total. The first kappa shape index (κ1) is 14.8. The average molecular weight is 299 g/mol. The number of rotatable bonds is 5. The monoisotopic (exact) mass is 299 g/mol. The van der Waals surface area contributed by atoms with Crippen LogP contribution in [0.3, 0.4) is 0 Å². The molecule has 0 saturated heterocycles. The maximum Gasteiger partial charge on any atom is 0.246 e. The van der Waals surface area contributed by atoms with Gasteiger partial charge in [0, 0.05) is 25.5 Å². The fourth-order valence-electron chi connectivity index (χ4n) is 2.04. The van der Waals surface area contributed by atoms with E-state index in [4.69, 9.17) is 4.52 Å². The van der Waals surface area contributed by atoms with Gasteiger partial charge in [-0.15, -0.1) is 0 Å². The Kier molecular flexibility index (Phi) is 3.98. The van der Waals surface area contributed by atoms with Crippen LogP contribution in [0.5, 0.6) is 0 Å². The molecule has 7 nitrogen and oxygen atoms in total. The van der Waals surface area contributed by atoms with Crippen molar-refractivity contribution in [3.63, 3.8) is 0 Å². The van der Waals surface area contributed by atoms with Gasteiger partial charge in [-0.05, 0) is 26.0 Å². The highest BCUT2D eigenvalue weighted by Crippen LogP contribution is 2.19. The van der Waals surface area contributed by atoms with E-state index in [9.17, 15) is 13.5 Å². The lowest BCUT2D eigenvalue weighted by Crippen LogP contribution is -2.29. The van der Waals surface area contributed by atoms with Crippen LogP contribution < -0.4 is 4.72 Å². The summed E-state index contributed by atoms with van der Waals surface area (Å²) in [6.07, 6.45) is 0.853. The van der Waals surface area contributed by atoms with Crippen molar-refractivity contribution < 1.29 is 18.0 Å². The standard InChI is InChI=1S/C12H17N3O4S/c1-8-12(9(2)19-14-8)20(17,18)13-7-11(16)10-5-4-6-15(10)3/h4-6,11,13,16H,7H2,1-3H3/t11-/m0/s1. The van der Waals surface area contributed by atoms with E-state index in [1.165, 1.54) is 6.92 Å². The first-order valence-corrected chi connectivity index (χ1v) is 7.53. The maximum atomic E-state index is 12.2. The van der Waals surface area contributed by atoms with Gasteiger partial charge in [0.25, 0.3) is 0 Å². The molecule has 0 aliphatic heterocycles. The first-order chi connectivity index (χ1) is 9.33. The molecule has 0 fully saturated rings. The Labute approximate surface area is 117 Å². The number of aromatic nitrogens is 2. The summed E-state index contributed by atoms with van der Waals surface area (Å²) >= 11 is 0. The van der Waals surface area contributed by atoms with Crippen LogP contribution in [0.25, 0.3) is 0 Å². The van der Waals surface area contributed by atoms with E-state index in [1.807, 2.05) is 0 Å². The predicted molar refractivity (Wildman–Crippen MR) is 71.5 cm³/mol. The second-order valence-electron chi connectivity index (χ2n) is 4.56. The third-order valence-corrected chi connectivity index (χ3v) is 4.70. The first-order valence-electron chi connectivity index (χ1n) is 6.04. The largest absolute Gasteiger partial charge is 0.386 e. The van der Waals surface area contributed by atoms with Crippen LogP contribution in [0.2, 0.25) is 0 Å². The van der Waals surface area contributed by atoms with E-state index in [0.29, 0.717) is 11.4 Å². The summed E-state index contributed by atoms with van der Waals surface area (Å²) in [7, 11) is -1.97. The molecule has 8 heteroatoms. The Bertz CT molecular complexity index is 683. The topological polar surface area (TPSA) is 97.4 Å². The molecule has 110 valence electrons. The smallest absolute Gasteiger partial charge is 0.246 e. The van der Waals surface area contributed by atoms with Gasteiger partial charge in [-0.25, -0.2) is 13.1 Å². The summed E-state index contributed by atoms with van der Waals surface area (Å²) in [6, 6.07) is 3.51. The summed E-state index contributed by atoms with van der Waals surface area (Å²) in [5.41, 5.74) is 0.926. The Balaban J connectivity index is 2.13. The van der Waals surface area contributed by atoms with E-state index >= 15 is 0 Å². The van der Waals surface area contributed by atoms with E-state index in [1.54, 1.807) is 36.9 Å². The SMILES string of the molecule is Cc1noc(C)c1S(=O)(=O)NC[C@H](O)c1cccn1C. The fourth-order valence-corrected chi connectivity index (χ4v) is 3.41. The summed E-state index contributed by atoms with van der Waals surface area (Å²) in [5, 5.41) is 13.6. The van der Waals surface area contributed by atoms with Crippen molar-refractivity contribution in [1.29, 1.82) is 0 Å². The predicted octanol–water partition coefficient (Wildman–Crippen LogP) is 0.642. The molecule has 0 aliphatic rings. The van der Waals surface area contributed by atoms with Crippen LogP contribution in [0.1, 0.15) is 23.3 Å². The summed E-state index contributed by atoms with van der Waals surface area (Å²) < 4.78 is 33.3. The highest BCUT2D eigenvalue weighted by molar-refractivity contribution is 7.89. The van der Waals surface area contributed by atoms with Crippen LogP contribution in [-0.2, 0) is 17.1 Å². The molecule has 0 spiro atoms. The van der Waals surface area contributed by atoms with Crippen molar-refractivity contribution in [2.75, 3.05) is 6.54 Å². The zero-order valence-electron chi connectivity index (χ0n) is 11.5. The van der Waals surface area contributed by atoms with Crippen molar-refractivity contribution in [2.45, 2.75) is 24.8 Å². The van der Waals surface area contributed by atoms with Crippen LogP contribution in [-0.4, -0.2) is 29.8 Å². The number of hydrogen-bond acceptors (Lipinski definition) is 5. The molecule has 2 aromatic rings. The van der Waals surface area contributed by atoms with Crippen LogP contribution in [0, 0.1) is 13.8 Å². The second-order valence-corrected chi connectivity index (χ2v) is 6.27. The third-order valence-electron chi connectivity index (χ3n) is 3.03. The van der Waals surface area contributed by atoms with Gasteiger partial charge in [0.2, 0.25) is 10.0 Å². The summed E-state index contributed by atoms with van der Waals surface area (Å²) in [4.78, 5) is 0.0246. The molecular weight excluding hydrogens is 282 g/mol. The average Bonchev–Trinajstić information content (AvgIpc) is 2.93. The lowest BCUT2D eigenvalue weighted by atomic mass is 10.2. The van der Waals surface area contributed by atoms with Gasteiger partial charge in [-0.3, -0.25) is 0 Å². The molecule has 2 heterocycles. The lowest BCUT2D eigenvalue weighted by Gasteiger charge is -2.13. The highest BCUT2D eigenvalue weighted by Gasteiger charge is 2.25. The van der Waals surface area contributed by atoms with Gasteiger partial charge in [0.15, 0.2) is 5.76 Å². The van der Waals surface area contributed by atoms with Gasteiger partial charge >= 0.3 is 0 Å². The highest BCUT2D eigenvalue weighted by atomic mass is 32.2. The molecule has 0 aromatic carbocycles. The van der Waals surface area contributed by atoms with Crippen molar-refractivity contribution in [3.05, 3.63) is 35.5 Å². The van der Waals surface area contributed by atoms with Crippen LogP contribution in [0.15, 0.2) is 27.7 Å². The number of aryl methyl sites for hydroxylation is 3. The minimum atomic E-state index is -3.75. The van der Waals surface area contributed by atoms with Gasteiger partial charge in [-0.1, -0.05) is 5.16 Å². The van der Waals surface area contributed by atoms with Crippen molar-refractivity contribution >= 4 is 10.0 Å². The minimum Gasteiger partial charge on any atom is -0.386 e. The molecule has 0 bridgehead atoms. The molecule has 2 aromatic heterocycles. The molecule has 2 rings (SSSR count). The molecule has 20 heavy (non-hydrogen) atoms. The quantitative estimate of drug-likeness (QED) is 0.844. The minimum absolute atomic E-state index is 0.0246. The van der Waals surface area contributed by atoms with Crippen LogP contribution in [0.4, 0.5) is 0 Å². The van der Waals surface area contributed by atoms with E-state index in [2.05, 4.69) is 9.88 Å². The number of nitrogens with zero attached hydrogens (tertiary/aromatic N) is 2. The number of hydrogen-bond donors (Lipinski definition) is 2. The van der Waals surface area contributed by atoms with Gasteiger partial charge in [0.05, 0.1) is 0 Å². The number of nitrogens with one attached hydrogen (secondary N) is 1. The fraction of sp³-hybridized carbons (Fsp3) is 0.417. The second kappa shape index (κ2) is 5.39. The number of sulfonamides is 1. The van der Waals surface area contributed by atoms with E-state index in [0.717, 1.165) is 0 Å². The maximum absolute atomic E-state index is 12.2. The normalized spacial score (nSPS) is 13.6. The molecule has 0 aliphatic carbocycles. The Morgan fingerprint density at radius 3 is 2.70 bits per heavy atom. The zero-order chi connectivity index (χ0) is 14.9. The van der Waals surface area contributed by atoms with Crippen molar-refractivity contribution in [2.24, 2.45) is 7.05 Å². The zero-order valence-corrected chi connectivity index (χ0v) is 12.3. The lowest BCUT2D eigenvalue weighted by molar-refractivity contribution is 0.173. The van der Waals surface area contributed by atoms with Gasteiger partial charge in [0.1, 0.15) is 16.7 Å².